The van der Waals surface area contributed by atoms with Gasteiger partial charge in [-0.3, -0.25) is 4.79 Å². The zero-order valence-corrected chi connectivity index (χ0v) is 14.4. The van der Waals surface area contributed by atoms with Gasteiger partial charge in [-0.15, -0.1) is 0 Å². The molecule has 2 atom stereocenters. The Kier molecular flexibility index (Phi) is 5.64. The average Bonchev–Trinajstić information content (AvgIpc) is 2.63. The lowest BCUT2D eigenvalue weighted by Crippen LogP contribution is -2.49. The summed E-state index contributed by atoms with van der Waals surface area (Å²) in [5.74, 6) is -2.45. The number of amides is 1. The van der Waals surface area contributed by atoms with E-state index in [2.05, 4.69) is 5.32 Å². The van der Waals surface area contributed by atoms with E-state index in [4.69, 9.17) is 0 Å². The van der Waals surface area contributed by atoms with E-state index in [0.717, 1.165) is 11.1 Å². The van der Waals surface area contributed by atoms with Gasteiger partial charge in [-0.1, -0.05) is 73.5 Å². The maximum atomic E-state index is 13.3. The van der Waals surface area contributed by atoms with E-state index in [9.17, 15) is 18.0 Å². The fourth-order valence-corrected chi connectivity index (χ4v) is 3.75. The number of hydrogen-bond acceptors (Lipinski definition) is 1. The molecule has 138 valence electrons. The smallest absolute Gasteiger partial charge is 0.352 e. The van der Waals surface area contributed by atoms with Crippen LogP contribution in [0.4, 0.5) is 13.2 Å². The van der Waals surface area contributed by atoms with Gasteiger partial charge in [-0.25, -0.2) is 0 Å². The van der Waals surface area contributed by atoms with Gasteiger partial charge in [0, 0.05) is 6.04 Å². The third-order valence-electron chi connectivity index (χ3n) is 5.04. The Hall–Kier alpha value is -2.30. The Bertz CT molecular complexity index is 676. The number of halogens is 3. The van der Waals surface area contributed by atoms with Gasteiger partial charge < -0.3 is 5.32 Å². The summed E-state index contributed by atoms with van der Waals surface area (Å²) in [5.41, 5.74) is 1.55. The van der Waals surface area contributed by atoms with Crippen molar-refractivity contribution in [1.82, 2.24) is 5.32 Å². The third kappa shape index (κ3) is 4.26. The monoisotopic (exact) mass is 361 g/mol. The number of carbonyl (C=O) groups is 1. The highest BCUT2D eigenvalue weighted by Gasteiger charge is 2.46. The van der Waals surface area contributed by atoms with E-state index < -0.39 is 24.1 Å². The average molecular weight is 361 g/mol. The Morgan fingerprint density at radius 2 is 1.38 bits per heavy atom. The maximum Gasteiger partial charge on any atom is 0.393 e. The van der Waals surface area contributed by atoms with Crippen LogP contribution in [0.25, 0.3) is 0 Å². The summed E-state index contributed by atoms with van der Waals surface area (Å²) in [4.78, 5) is 13.0. The highest BCUT2D eigenvalue weighted by Crippen LogP contribution is 2.38. The van der Waals surface area contributed by atoms with Crippen LogP contribution in [0.3, 0.4) is 0 Å². The number of alkyl halides is 3. The molecule has 26 heavy (non-hydrogen) atoms. The molecule has 1 aliphatic rings. The zero-order chi connectivity index (χ0) is 18.6. The molecule has 2 aromatic carbocycles. The van der Waals surface area contributed by atoms with Crippen molar-refractivity contribution in [1.29, 1.82) is 0 Å². The molecule has 0 bridgehead atoms. The van der Waals surface area contributed by atoms with Crippen molar-refractivity contribution in [2.75, 3.05) is 0 Å². The van der Waals surface area contributed by atoms with Gasteiger partial charge >= 0.3 is 6.18 Å². The molecule has 1 N–H and O–H groups in total. The van der Waals surface area contributed by atoms with Crippen LogP contribution >= 0.6 is 0 Å². The molecule has 5 heteroatoms. The van der Waals surface area contributed by atoms with Crippen molar-refractivity contribution in [2.24, 2.45) is 5.92 Å². The molecule has 1 aliphatic carbocycles. The predicted octanol–water partition coefficient (Wildman–Crippen LogP) is 5.06. The van der Waals surface area contributed by atoms with Crippen molar-refractivity contribution in [3.63, 3.8) is 0 Å². The third-order valence-corrected chi connectivity index (χ3v) is 5.04. The quantitative estimate of drug-likeness (QED) is 0.811. The van der Waals surface area contributed by atoms with Crippen LogP contribution in [0.15, 0.2) is 60.7 Å². The second-order valence-corrected chi connectivity index (χ2v) is 6.80. The summed E-state index contributed by atoms with van der Waals surface area (Å²) < 4.78 is 40.0. The van der Waals surface area contributed by atoms with Gasteiger partial charge in [0.2, 0.25) is 5.91 Å². The normalized spacial score (nSPS) is 20.8. The minimum Gasteiger partial charge on any atom is -0.352 e. The minimum absolute atomic E-state index is 0.0792. The van der Waals surface area contributed by atoms with Crippen LogP contribution in [0, 0.1) is 5.92 Å². The van der Waals surface area contributed by atoms with Crippen molar-refractivity contribution < 1.29 is 18.0 Å². The van der Waals surface area contributed by atoms with Crippen LogP contribution in [0.2, 0.25) is 0 Å². The van der Waals surface area contributed by atoms with Crippen molar-refractivity contribution in [2.45, 2.75) is 43.8 Å². The molecule has 1 fully saturated rings. The molecule has 2 nitrogen and oxygen atoms in total. The van der Waals surface area contributed by atoms with E-state index >= 15 is 0 Å². The SMILES string of the molecule is O=C(N[C@H]1CCCC[C@@H]1C(F)(F)F)C(c1ccccc1)c1ccccc1. The van der Waals surface area contributed by atoms with Crippen LogP contribution in [0.1, 0.15) is 42.7 Å². The first-order chi connectivity index (χ1) is 12.5. The number of rotatable bonds is 4. The van der Waals surface area contributed by atoms with Gasteiger partial charge in [0.15, 0.2) is 0 Å². The standard InChI is InChI=1S/C21H22F3NO/c22-21(23,24)17-13-7-8-14-18(17)25-20(26)19(15-9-3-1-4-10-15)16-11-5-2-6-12-16/h1-6,9-12,17-19H,7-8,13-14H2,(H,25,26)/t17-,18-/m0/s1. The molecule has 3 rings (SSSR count). The van der Waals surface area contributed by atoms with Crippen molar-refractivity contribution in [3.8, 4) is 0 Å². The second kappa shape index (κ2) is 7.94. The minimum atomic E-state index is -4.28. The lowest BCUT2D eigenvalue weighted by molar-refractivity contribution is -0.189. The Morgan fingerprint density at radius 3 is 1.88 bits per heavy atom. The van der Waals surface area contributed by atoms with Crippen LogP contribution < -0.4 is 5.32 Å². The van der Waals surface area contributed by atoms with Crippen molar-refractivity contribution >= 4 is 5.91 Å². The van der Waals surface area contributed by atoms with Crippen LogP contribution in [-0.2, 0) is 4.79 Å². The lowest BCUT2D eigenvalue weighted by atomic mass is 9.83. The maximum absolute atomic E-state index is 13.3. The number of nitrogens with one attached hydrogen (secondary N) is 1. The number of benzene rings is 2. The van der Waals surface area contributed by atoms with E-state index in [1.165, 1.54) is 0 Å². The van der Waals surface area contributed by atoms with Crippen LogP contribution in [0.5, 0.6) is 0 Å². The first-order valence-electron chi connectivity index (χ1n) is 8.94. The molecular weight excluding hydrogens is 339 g/mol. The molecule has 0 saturated heterocycles. The molecule has 0 spiro atoms. The molecule has 0 aromatic heterocycles. The highest BCUT2D eigenvalue weighted by atomic mass is 19.4. The fourth-order valence-electron chi connectivity index (χ4n) is 3.75. The number of hydrogen-bond donors (Lipinski definition) is 1. The highest BCUT2D eigenvalue weighted by molar-refractivity contribution is 5.87. The Balaban J connectivity index is 1.86. The summed E-state index contributed by atoms with van der Waals surface area (Å²) in [7, 11) is 0. The van der Waals surface area contributed by atoms with Gasteiger partial charge in [0.25, 0.3) is 0 Å². The second-order valence-electron chi connectivity index (χ2n) is 6.80. The van der Waals surface area contributed by atoms with Gasteiger partial charge in [-0.2, -0.15) is 13.2 Å². The van der Waals surface area contributed by atoms with Gasteiger partial charge in [-0.05, 0) is 24.0 Å². The Morgan fingerprint density at radius 1 is 0.885 bits per heavy atom. The number of carbonyl (C=O) groups excluding carboxylic acids is 1. The van der Waals surface area contributed by atoms with Gasteiger partial charge in [0.05, 0.1) is 11.8 Å². The van der Waals surface area contributed by atoms with Gasteiger partial charge in [0.1, 0.15) is 0 Å². The summed E-state index contributed by atoms with van der Waals surface area (Å²) in [5, 5.41) is 2.71. The zero-order valence-electron chi connectivity index (χ0n) is 14.4. The Labute approximate surface area is 151 Å². The molecule has 0 heterocycles. The molecule has 1 saturated carbocycles. The first-order valence-corrected chi connectivity index (χ1v) is 8.94. The summed E-state index contributed by atoms with van der Waals surface area (Å²) in [6, 6.07) is 17.5. The van der Waals surface area contributed by atoms with E-state index in [0.29, 0.717) is 19.3 Å². The molecule has 0 aliphatic heterocycles. The summed E-state index contributed by atoms with van der Waals surface area (Å²) in [6.45, 7) is 0. The topological polar surface area (TPSA) is 29.1 Å². The van der Waals surface area contributed by atoms with E-state index in [1.807, 2.05) is 60.7 Å². The lowest BCUT2D eigenvalue weighted by Gasteiger charge is -2.34. The molecule has 0 unspecified atom stereocenters. The molecule has 1 amide bonds. The summed E-state index contributed by atoms with van der Waals surface area (Å²) >= 11 is 0. The van der Waals surface area contributed by atoms with E-state index in [1.54, 1.807) is 0 Å². The van der Waals surface area contributed by atoms with Crippen molar-refractivity contribution in [3.05, 3.63) is 71.8 Å². The first kappa shape index (κ1) is 18.5. The van der Waals surface area contributed by atoms with E-state index in [-0.39, 0.29) is 12.3 Å². The molecular formula is C21H22F3NO. The fraction of sp³-hybridized carbons (Fsp3) is 0.381. The van der Waals surface area contributed by atoms with Crippen LogP contribution in [-0.4, -0.2) is 18.1 Å². The molecule has 2 aromatic rings. The largest absolute Gasteiger partial charge is 0.393 e. The summed E-state index contributed by atoms with van der Waals surface area (Å²) in [6.07, 6.45) is -2.58. The molecule has 0 radical (unpaired) electrons. The predicted molar refractivity (Wildman–Crippen MR) is 94.7 cm³/mol.